The van der Waals surface area contributed by atoms with Crippen LogP contribution in [-0.2, 0) is 0 Å². The standard InChI is InChI=1S/C19H18BrN/c1-15-8-3-2-4-9-16-10-5-6-13-19(16)21(15)18-12-7-11-17(20)14-18/h2-8,10-14,16,19H,1,9H2/b4-2-,8-3-. The molecule has 0 amide bonds. The topological polar surface area (TPSA) is 3.24 Å². The second kappa shape index (κ2) is 6.31. The lowest BCUT2D eigenvalue weighted by molar-refractivity contribution is 0.559. The van der Waals surface area contributed by atoms with E-state index in [4.69, 9.17) is 0 Å². The van der Waals surface area contributed by atoms with Gasteiger partial charge in [0.15, 0.2) is 0 Å². The number of allylic oxidation sites excluding steroid dienone is 6. The molecule has 0 spiro atoms. The molecule has 0 saturated carbocycles. The van der Waals surface area contributed by atoms with Gasteiger partial charge < -0.3 is 4.90 Å². The fourth-order valence-electron chi connectivity index (χ4n) is 2.85. The molecule has 2 aliphatic rings. The van der Waals surface area contributed by atoms with E-state index < -0.39 is 0 Å². The Hall–Kier alpha value is -1.80. The summed E-state index contributed by atoms with van der Waals surface area (Å²) < 4.78 is 1.08. The zero-order chi connectivity index (χ0) is 14.7. The molecule has 106 valence electrons. The van der Waals surface area contributed by atoms with Crippen molar-refractivity contribution in [2.24, 2.45) is 5.92 Å². The van der Waals surface area contributed by atoms with E-state index in [1.807, 2.05) is 6.07 Å². The highest BCUT2D eigenvalue weighted by Crippen LogP contribution is 2.32. The summed E-state index contributed by atoms with van der Waals surface area (Å²) in [6, 6.07) is 8.70. The summed E-state index contributed by atoms with van der Waals surface area (Å²) in [5.41, 5.74) is 2.17. The molecule has 0 N–H and O–H groups in total. The Kier molecular flexibility index (Phi) is 4.26. The van der Waals surface area contributed by atoms with Crippen molar-refractivity contribution in [2.45, 2.75) is 12.5 Å². The predicted molar refractivity (Wildman–Crippen MR) is 94.2 cm³/mol. The molecule has 0 fully saturated rings. The maximum absolute atomic E-state index is 4.27. The Balaban J connectivity index is 2.06. The molecule has 3 rings (SSSR count). The lowest BCUT2D eigenvalue weighted by atomic mass is 9.90. The first-order valence-corrected chi connectivity index (χ1v) is 7.97. The number of rotatable bonds is 1. The minimum Gasteiger partial charge on any atom is -0.334 e. The summed E-state index contributed by atoms with van der Waals surface area (Å²) in [6.45, 7) is 4.27. The van der Waals surface area contributed by atoms with Crippen LogP contribution in [-0.4, -0.2) is 6.04 Å². The Morgan fingerprint density at radius 1 is 1.10 bits per heavy atom. The van der Waals surface area contributed by atoms with Gasteiger partial charge in [0.25, 0.3) is 0 Å². The van der Waals surface area contributed by atoms with Gasteiger partial charge in [-0.2, -0.15) is 0 Å². The molecule has 1 aliphatic carbocycles. The van der Waals surface area contributed by atoms with Crippen LogP contribution in [0.3, 0.4) is 0 Å². The number of hydrogen-bond donors (Lipinski definition) is 0. The van der Waals surface area contributed by atoms with E-state index in [1.54, 1.807) is 0 Å². The second-order valence-electron chi connectivity index (χ2n) is 5.29. The van der Waals surface area contributed by atoms with Gasteiger partial charge in [0.2, 0.25) is 0 Å². The van der Waals surface area contributed by atoms with Crippen LogP contribution in [0.25, 0.3) is 0 Å². The zero-order valence-electron chi connectivity index (χ0n) is 11.8. The van der Waals surface area contributed by atoms with Crippen molar-refractivity contribution in [1.29, 1.82) is 0 Å². The number of nitrogens with zero attached hydrogens (tertiary/aromatic N) is 1. The van der Waals surface area contributed by atoms with Gasteiger partial charge in [-0.3, -0.25) is 0 Å². The third-order valence-corrected chi connectivity index (χ3v) is 4.35. The minimum atomic E-state index is 0.296. The highest BCUT2D eigenvalue weighted by atomic mass is 79.9. The zero-order valence-corrected chi connectivity index (χ0v) is 13.4. The molecule has 2 unspecified atom stereocenters. The maximum atomic E-state index is 4.27. The van der Waals surface area contributed by atoms with Crippen LogP contribution in [0.4, 0.5) is 5.69 Å². The number of fused-ring (bicyclic) bond motifs is 1. The molecule has 2 heteroatoms. The summed E-state index contributed by atoms with van der Waals surface area (Å²) >= 11 is 3.57. The van der Waals surface area contributed by atoms with Gasteiger partial charge in [-0.1, -0.05) is 71.1 Å². The Labute approximate surface area is 134 Å². The smallest absolute Gasteiger partial charge is 0.0590 e. The molecule has 0 bridgehead atoms. The summed E-state index contributed by atoms with van der Waals surface area (Å²) in [5.74, 6) is 0.460. The Morgan fingerprint density at radius 2 is 1.95 bits per heavy atom. The van der Waals surface area contributed by atoms with E-state index >= 15 is 0 Å². The molecule has 0 saturated heterocycles. The average Bonchev–Trinajstić information content (AvgIpc) is 2.56. The van der Waals surface area contributed by atoms with E-state index in [0.717, 1.165) is 22.3 Å². The van der Waals surface area contributed by atoms with E-state index in [-0.39, 0.29) is 0 Å². The third kappa shape index (κ3) is 3.11. The van der Waals surface area contributed by atoms with Gasteiger partial charge in [0.1, 0.15) is 0 Å². The van der Waals surface area contributed by atoms with Crippen LogP contribution < -0.4 is 4.90 Å². The van der Waals surface area contributed by atoms with Gasteiger partial charge in [-0.15, -0.1) is 0 Å². The van der Waals surface area contributed by atoms with Crippen LogP contribution >= 0.6 is 15.9 Å². The van der Waals surface area contributed by atoms with Crippen molar-refractivity contribution in [1.82, 2.24) is 0 Å². The number of anilines is 1. The molecule has 1 aliphatic heterocycles. The molecule has 1 aromatic rings. The lowest BCUT2D eigenvalue weighted by Crippen LogP contribution is -2.38. The third-order valence-electron chi connectivity index (χ3n) is 3.85. The monoisotopic (exact) mass is 339 g/mol. The van der Waals surface area contributed by atoms with Crippen molar-refractivity contribution in [2.75, 3.05) is 4.90 Å². The lowest BCUT2D eigenvalue weighted by Gasteiger charge is -2.37. The maximum Gasteiger partial charge on any atom is 0.0590 e. The number of benzene rings is 1. The summed E-state index contributed by atoms with van der Waals surface area (Å²) in [7, 11) is 0. The number of hydrogen-bond acceptors (Lipinski definition) is 1. The second-order valence-corrected chi connectivity index (χ2v) is 6.20. The first-order valence-electron chi connectivity index (χ1n) is 7.17. The molecule has 2 atom stereocenters. The van der Waals surface area contributed by atoms with Crippen molar-refractivity contribution in [3.05, 3.63) is 89.6 Å². The number of halogens is 1. The summed E-state index contributed by atoms with van der Waals surface area (Å²) in [5, 5.41) is 0. The minimum absolute atomic E-state index is 0.296. The SMILES string of the molecule is C=C1/C=C\C=C/CC2C=CC=CC2N1c1cccc(Br)c1. The summed E-state index contributed by atoms with van der Waals surface area (Å²) in [6.07, 6.45) is 18.3. The molecule has 0 radical (unpaired) electrons. The first-order chi connectivity index (χ1) is 10.3. The van der Waals surface area contributed by atoms with Gasteiger partial charge in [0, 0.05) is 21.8 Å². The molecular formula is C19H18BrN. The van der Waals surface area contributed by atoms with E-state index in [0.29, 0.717) is 12.0 Å². The van der Waals surface area contributed by atoms with Crippen LogP contribution in [0.2, 0.25) is 0 Å². The predicted octanol–water partition coefficient (Wildman–Crippen LogP) is 5.40. The normalized spacial score (nSPS) is 27.5. The Morgan fingerprint density at radius 3 is 2.81 bits per heavy atom. The molecular weight excluding hydrogens is 322 g/mol. The van der Waals surface area contributed by atoms with Crippen LogP contribution in [0.15, 0.2) is 89.6 Å². The molecule has 21 heavy (non-hydrogen) atoms. The largest absolute Gasteiger partial charge is 0.334 e. The van der Waals surface area contributed by atoms with E-state index in [9.17, 15) is 0 Å². The van der Waals surface area contributed by atoms with Crippen molar-refractivity contribution in [3.63, 3.8) is 0 Å². The van der Waals surface area contributed by atoms with Crippen molar-refractivity contribution in [3.8, 4) is 0 Å². The highest BCUT2D eigenvalue weighted by Gasteiger charge is 2.26. The van der Waals surface area contributed by atoms with E-state index in [1.165, 1.54) is 0 Å². The van der Waals surface area contributed by atoms with Gasteiger partial charge in [0.05, 0.1) is 6.04 Å². The highest BCUT2D eigenvalue weighted by molar-refractivity contribution is 9.10. The molecule has 1 heterocycles. The Bertz CT molecular complexity index is 651. The van der Waals surface area contributed by atoms with Crippen LogP contribution in [0, 0.1) is 5.92 Å². The van der Waals surface area contributed by atoms with E-state index in [2.05, 4.69) is 94.2 Å². The van der Waals surface area contributed by atoms with Crippen molar-refractivity contribution < 1.29 is 0 Å². The molecule has 1 aromatic carbocycles. The molecule has 1 nitrogen and oxygen atoms in total. The van der Waals surface area contributed by atoms with Crippen LogP contribution in [0.1, 0.15) is 6.42 Å². The van der Waals surface area contributed by atoms with Crippen molar-refractivity contribution >= 4 is 21.6 Å². The average molecular weight is 340 g/mol. The van der Waals surface area contributed by atoms with Gasteiger partial charge >= 0.3 is 0 Å². The quantitative estimate of drug-likeness (QED) is 0.662. The van der Waals surface area contributed by atoms with Crippen LogP contribution in [0.5, 0.6) is 0 Å². The summed E-state index contributed by atoms with van der Waals surface area (Å²) in [4.78, 5) is 2.32. The van der Waals surface area contributed by atoms with Gasteiger partial charge in [-0.05, 0) is 30.7 Å². The first kappa shape index (κ1) is 14.2. The van der Waals surface area contributed by atoms with Gasteiger partial charge in [-0.25, -0.2) is 0 Å². The fourth-order valence-corrected chi connectivity index (χ4v) is 3.24. The molecule has 0 aromatic heterocycles. The fraction of sp³-hybridized carbons (Fsp3) is 0.158.